The summed E-state index contributed by atoms with van der Waals surface area (Å²) in [5.41, 5.74) is 0.615. The Morgan fingerprint density at radius 2 is 1.73 bits per heavy atom. The summed E-state index contributed by atoms with van der Waals surface area (Å²) >= 11 is 6.32. The van der Waals surface area contributed by atoms with Crippen LogP contribution in [0, 0.1) is 0 Å². The van der Waals surface area contributed by atoms with Crippen molar-refractivity contribution in [1.29, 1.82) is 0 Å². The second kappa shape index (κ2) is 10.5. The van der Waals surface area contributed by atoms with E-state index in [9.17, 15) is 4.79 Å². The van der Waals surface area contributed by atoms with E-state index in [1.807, 2.05) is 20.8 Å². The van der Waals surface area contributed by atoms with Crippen molar-refractivity contribution < 1.29 is 23.7 Å². The Balaban J connectivity index is 1.98. The number of ether oxygens (including phenoxy) is 4. The minimum atomic E-state index is -0.445. The smallest absolute Gasteiger partial charge is 0.306 e. The third-order valence-electron chi connectivity index (χ3n) is 4.19. The van der Waals surface area contributed by atoms with Gasteiger partial charge in [-0.15, -0.1) is 0 Å². The second-order valence-corrected chi connectivity index (χ2v) is 8.06. The largest absolute Gasteiger partial charge is 0.493 e. The van der Waals surface area contributed by atoms with Crippen LogP contribution in [0.2, 0.25) is 5.15 Å². The van der Waals surface area contributed by atoms with Gasteiger partial charge < -0.3 is 24.3 Å². The molecule has 0 saturated heterocycles. The Kier molecular flexibility index (Phi) is 8.34. The first kappa shape index (κ1) is 23.8. The zero-order chi connectivity index (χ0) is 22.3. The average Bonchev–Trinajstić information content (AvgIpc) is 2.68. The van der Waals surface area contributed by atoms with Gasteiger partial charge in [0.15, 0.2) is 22.5 Å². The number of rotatable bonds is 10. The zero-order valence-electron chi connectivity index (χ0n) is 18.4. The van der Waals surface area contributed by atoms with Crippen molar-refractivity contribution in [3.05, 3.63) is 11.2 Å². The minimum Gasteiger partial charge on any atom is -0.493 e. The highest BCUT2D eigenvalue weighted by Crippen LogP contribution is 2.42. The maximum atomic E-state index is 11.7. The molecular weight excluding hydrogens is 410 g/mol. The lowest BCUT2D eigenvalue weighted by atomic mass is 10.1. The Bertz CT molecular complexity index is 883. The predicted molar refractivity (Wildman–Crippen MR) is 117 cm³/mol. The molecule has 0 bridgehead atoms. The van der Waals surface area contributed by atoms with Gasteiger partial charge in [0.2, 0.25) is 5.75 Å². The van der Waals surface area contributed by atoms with Gasteiger partial charge in [-0.1, -0.05) is 18.0 Å². The van der Waals surface area contributed by atoms with E-state index < -0.39 is 5.60 Å². The van der Waals surface area contributed by atoms with E-state index in [0.717, 1.165) is 19.3 Å². The molecule has 1 heterocycles. The molecule has 1 aromatic carbocycles. The molecule has 0 radical (unpaired) electrons. The van der Waals surface area contributed by atoms with Crippen molar-refractivity contribution in [3.8, 4) is 17.2 Å². The number of aromatic nitrogens is 2. The van der Waals surface area contributed by atoms with E-state index in [4.69, 9.17) is 30.5 Å². The number of nitrogens with one attached hydrogen (secondary N) is 1. The van der Waals surface area contributed by atoms with Crippen molar-refractivity contribution in [2.45, 2.75) is 52.1 Å². The summed E-state index contributed by atoms with van der Waals surface area (Å²) in [6, 6.07) is 1.73. The molecule has 0 spiro atoms. The van der Waals surface area contributed by atoms with Gasteiger partial charge in [-0.3, -0.25) is 4.79 Å². The molecule has 166 valence electrons. The summed E-state index contributed by atoms with van der Waals surface area (Å²) in [6.07, 6.45) is 2.91. The third-order valence-corrected chi connectivity index (χ3v) is 4.45. The van der Waals surface area contributed by atoms with Crippen molar-refractivity contribution in [1.82, 2.24) is 9.97 Å². The Hall–Kier alpha value is -2.48. The lowest BCUT2D eigenvalue weighted by molar-refractivity contribution is -0.154. The zero-order valence-corrected chi connectivity index (χ0v) is 19.2. The van der Waals surface area contributed by atoms with E-state index in [1.54, 1.807) is 13.2 Å². The molecule has 1 N–H and O–H groups in total. The number of unbranched alkanes of at least 4 members (excludes halogenated alkanes) is 2. The number of esters is 1. The predicted octanol–water partition coefficient (Wildman–Crippen LogP) is 4.62. The molecule has 30 heavy (non-hydrogen) atoms. The third kappa shape index (κ3) is 6.26. The fraction of sp³-hybridized carbons (Fsp3) is 0.571. The number of nitrogens with zero attached hydrogens (tertiary/aromatic N) is 2. The fourth-order valence-corrected chi connectivity index (χ4v) is 3.12. The number of hydrogen-bond donors (Lipinski definition) is 1. The summed E-state index contributed by atoms with van der Waals surface area (Å²) in [5.74, 6) is 1.65. The highest BCUT2D eigenvalue weighted by atomic mass is 35.5. The number of fused-ring (bicyclic) bond motifs is 1. The first-order valence-electron chi connectivity index (χ1n) is 9.82. The number of carbonyl (C=O) groups is 1. The summed E-state index contributed by atoms with van der Waals surface area (Å²) < 4.78 is 21.5. The van der Waals surface area contributed by atoms with Gasteiger partial charge in [0.25, 0.3) is 0 Å². The first-order chi connectivity index (χ1) is 14.2. The molecular formula is C21H30ClN3O5. The van der Waals surface area contributed by atoms with Crippen LogP contribution >= 0.6 is 11.6 Å². The van der Waals surface area contributed by atoms with Crippen LogP contribution in [0.25, 0.3) is 11.0 Å². The molecule has 8 nitrogen and oxygen atoms in total. The van der Waals surface area contributed by atoms with Crippen LogP contribution in [-0.2, 0) is 9.53 Å². The molecule has 9 heteroatoms. The molecule has 0 atom stereocenters. The molecule has 0 fully saturated rings. The first-order valence-corrected chi connectivity index (χ1v) is 10.2. The van der Waals surface area contributed by atoms with E-state index in [-0.39, 0.29) is 11.1 Å². The fourth-order valence-electron chi connectivity index (χ4n) is 2.92. The van der Waals surface area contributed by atoms with Crippen LogP contribution < -0.4 is 19.5 Å². The molecule has 2 aromatic rings. The standard InChI is InChI=1S/C21H30ClN3O5/c1-21(2,3)30-15(26)10-8-7-9-11-23-20-19(22)25-16-13(24-20)12-14(27-4)17(28-5)18(16)29-6/h12H,7-11H2,1-6H3,(H,23,24). The van der Waals surface area contributed by atoms with E-state index in [0.29, 0.717) is 47.1 Å². The topological polar surface area (TPSA) is 91.8 Å². The minimum absolute atomic E-state index is 0.169. The summed E-state index contributed by atoms with van der Waals surface area (Å²) in [4.78, 5) is 20.7. The normalized spacial score (nSPS) is 11.3. The van der Waals surface area contributed by atoms with Crippen LogP contribution in [0.4, 0.5) is 5.82 Å². The molecule has 0 saturated carbocycles. The molecule has 0 aliphatic carbocycles. The lowest BCUT2D eigenvalue weighted by Crippen LogP contribution is -2.23. The van der Waals surface area contributed by atoms with Gasteiger partial charge >= 0.3 is 5.97 Å². The van der Waals surface area contributed by atoms with Crippen LogP contribution in [0.1, 0.15) is 46.5 Å². The summed E-state index contributed by atoms with van der Waals surface area (Å²) in [5, 5.41) is 3.44. The number of anilines is 1. The van der Waals surface area contributed by atoms with Crippen LogP contribution in [-0.4, -0.2) is 49.4 Å². The van der Waals surface area contributed by atoms with Gasteiger partial charge in [-0.2, -0.15) is 0 Å². The van der Waals surface area contributed by atoms with E-state index in [2.05, 4.69) is 15.3 Å². The van der Waals surface area contributed by atoms with Crippen molar-refractivity contribution in [2.75, 3.05) is 33.2 Å². The molecule has 0 aliphatic rings. The van der Waals surface area contributed by atoms with Gasteiger partial charge in [-0.25, -0.2) is 9.97 Å². The highest BCUT2D eigenvalue weighted by molar-refractivity contribution is 6.32. The monoisotopic (exact) mass is 439 g/mol. The second-order valence-electron chi connectivity index (χ2n) is 7.70. The summed E-state index contributed by atoms with van der Waals surface area (Å²) in [6.45, 7) is 6.25. The van der Waals surface area contributed by atoms with Crippen molar-refractivity contribution in [3.63, 3.8) is 0 Å². The van der Waals surface area contributed by atoms with Crippen LogP contribution in [0.3, 0.4) is 0 Å². The number of halogens is 1. The maximum Gasteiger partial charge on any atom is 0.306 e. The average molecular weight is 440 g/mol. The molecule has 0 unspecified atom stereocenters. The Morgan fingerprint density at radius 1 is 1.03 bits per heavy atom. The summed E-state index contributed by atoms with van der Waals surface area (Å²) in [7, 11) is 4.60. The quantitative estimate of drug-likeness (QED) is 0.423. The van der Waals surface area contributed by atoms with Gasteiger partial charge in [0.05, 0.1) is 26.8 Å². The molecule has 0 aliphatic heterocycles. The van der Waals surface area contributed by atoms with Crippen LogP contribution in [0.15, 0.2) is 6.07 Å². The van der Waals surface area contributed by atoms with Crippen LogP contribution in [0.5, 0.6) is 17.2 Å². The number of hydrogen-bond acceptors (Lipinski definition) is 8. The maximum absolute atomic E-state index is 11.7. The molecule has 0 amide bonds. The lowest BCUT2D eigenvalue weighted by Gasteiger charge is -2.19. The van der Waals surface area contributed by atoms with Crippen molar-refractivity contribution in [2.24, 2.45) is 0 Å². The number of carbonyl (C=O) groups excluding carboxylic acids is 1. The van der Waals surface area contributed by atoms with Crippen molar-refractivity contribution >= 4 is 34.4 Å². The van der Waals surface area contributed by atoms with E-state index >= 15 is 0 Å². The Labute approximate surface area is 182 Å². The number of benzene rings is 1. The van der Waals surface area contributed by atoms with Gasteiger partial charge in [0, 0.05) is 19.0 Å². The number of methoxy groups -OCH3 is 3. The Morgan fingerprint density at radius 3 is 2.33 bits per heavy atom. The van der Waals surface area contributed by atoms with E-state index in [1.165, 1.54) is 14.2 Å². The highest BCUT2D eigenvalue weighted by Gasteiger charge is 2.20. The molecule has 1 aromatic heterocycles. The van der Waals surface area contributed by atoms with Gasteiger partial charge in [-0.05, 0) is 33.6 Å². The SMILES string of the molecule is COc1cc2nc(NCCCCCC(=O)OC(C)(C)C)c(Cl)nc2c(OC)c1OC. The molecule has 2 rings (SSSR count). The van der Waals surface area contributed by atoms with Gasteiger partial charge in [0.1, 0.15) is 11.1 Å².